The molecule has 0 amide bonds. The van der Waals surface area contributed by atoms with E-state index in [4.69, 9.17) is 4.74 Å². The predicted molar refractivity (Wildman–Crippen MR) is 134 cm³/mol. The fourth-order valence-corrected chi connectivity index (χ4v) is 3.40. The van der Waals surface area contributed by atoms with E-state index in [1.54, 1.807) is 11.9 Å². The van der Waals surface area contributed by atoms with Crippen molar-refractivity contribution in [3.63, 3.8) is 0 Å². The van der Waals surface area contributed by atoms with Crippen molar-refractivity contribution in [3.8, 4) is 0 Å². The van der Waals surface area contributed by atoms with Crippen LogP contribution in [0.25, 0.3) is 0 Å². The number of hydrogen-bond donors (Lipinski definition) is 2. The van der Waals surface area contributed by atoms with Crippen LogP contribution in [0.2, 0.25) is 0 Å². The van der Waals surface area contributed by atoms with Crippen molar-refractivity contribution in [2.75, 3.05) is 19.6 Å². The first kappa shape index (κ1) is 26.2. The Morgan fingerprint density at radius 3 is 2.33 bits per heavy atom. The molecule has 2 N–H and O–H groups in total. The number of allylic oxidation sites excluding steroid dienone is 6. The molecule has 0 aliphatic carbocycles. The highest BCUT2D eigenvalue weighted by Gasteiger charge is 2.21. The van der Waals surface area contributed by atoms with Crippen molar-refractivity contribution < 1.29 is 4.74 Å². The number of nitrogens with one attached hydrogen (secondary N) is 2. The van der Waals surface area contributed by atoms with E-state index < -0.39 is 0 Å². The molecule has 0 spiro atoms. The SMILES string of the molecule is C=C/C(=C\C=C(/C)NSC(C)(C)C)CNC(/C=C\C(=C)N1CC(C)O[C@H](C)C1)=C/C. The first-order valence-corrected chi connectivity index (χ1v) is 11.5. The van der Waals surface area contributed by atoms with Gasteiger partial charge in [-0.25, -0.2) is 0 Å². The summed E-state index contributed by atoms with van der Waals surface area (Å²) >= 11 is 1.72. The van der Waals surface area contributed by atoms with E-state index in [-0.39, 0.29) is 17.0 Å². The Hall–Kier alpha value is -1.85. The van der Waals surface area contributed by atoms with Crippen LogP contribution in [-0.2, 0) is 4.74 Å². The van der Waals surface area contributed by atoms with Gasteiger partial charge in [0.2, 0.25) is 0 Å². The molecule has 0 radical (unpaired) electrons. The van der Waals surface area contributed by atoms with Gasteiger partial charge in [0.05, 0.1) is 12.2 Å². The Kier molecular flexibility index (Phi) is 11.1. The van der Waals surface area contributed by atoms with Gasteiger partial charge in [0.15, 0.2) is 0 Å². The third-order valence-corrected chi connectivity index (χ3v) is 5.45. The van der Waals surface area contributed by atoms with E-state index in [9.17, 15) is 0 Å². The van der Waals surface area contributed by atoms with E-state index in [2.05, 4.69) is 100 Å². The molecule has 1 heterocycles. The van der Waals surface area contributed by atoms with Crippen LogP contribution in [0.3, 0.4) is 0 Å². The molecule has 168 valence electrons. The third kappa shape index (κ3) is 10.8. The molecule has 2 atom stereocenters. The minimum Gasteiger partial charge on any atom is -0.381 e. The summed E-state index contributed by atoms with van der Waals surface area (Å²) in [4.78, 5) is 2.29. The Morgan fingerprint density at radius 1 is 1.17 bits per heavy atom. The molecule has 0 aromatic carbocycles. The zero-order valence-corrected chi connectivity index (χ0v) is 20.7. The number of nitrogens with zero attached hydrogens (tertiary/aromatic N) is 1. The largest absolute Gasteiger partial charge is 0.381 e. The van der Waals surface area contributed by atoms with Crippen molar-refractivity contribution in [3.05, 3.63) is 72.3 Å². The van der Waals surface area contributed by atoms with E-state index >= 15 is 0 Å². The molecule has 0 saturated carbocycles. The topological polar surface area (TPSA) is 36.5 Å². The Morgan fingerprint density at radius 2 is 1.80 bits per heavy atom. The third-order valence-electron chi connectivity index (χ3n) is 4.42. The van der Waals surface area contributed by atoms with Crippen molar-refractivity contribution in [1.29, 1.82) is 0 Å². The zero-order chi connectivity index (χ0) is 22.7. The van der Waals surface area contributed by atoms with Gasteiger partial charge < -0.3 is 19.7 Å². The fourth-order valence-electron chi connectivity index (χ4n) is 2.86. The van der Waals surface area contributed by atoms with Gasteiger partial charge in [0.25, 0.3) is 0 Å². The smallest absolute Gasteiger partial charge is 0.0726 e. The van der Waals surface area contributed by atoms with Gasteiger partial charge in [-0.1, -0.05) is 31.4 Å². The lowest BCUT2D eigenvalue weighted by Gasteiger charge is -2.37. The normalized spacial score (nSPS) is 21.7. The number of hydrogen-bond acceptors (Lipinski definition) is 5. The molecule has 1 saturated heterocycles. The van der Waals surface area contributed by atoms with Gasteiger partial charge >= 0.3 is 0 Å². The lowest BCUT2D eigenvalue weighted by atomic mass is 10.2. The molecule has 30 heavy (non-hydrogen) atoms. The number of ether oxygens (including phenoxy) is 1. The molecule has 0 bridgehead atoms. The van der Waals surface area contributed by atoms with Gasteiger partial charge in [-0.15, -0.1) is 0 Å². The Balaban J connectivity index is 2.61. The van der Waals surface area contributed by atoms with E-state index in [0.29, 0.717) is 6.54 Å². The summed E-state index contributed by atoms with van der Waals surface area (Å²) in [5, 5.41) is 3.47. The maximum atomic E-state index is 5.81. The first-order chi connectivity index (χ1) is 14.0. The second-order valence-electron chi connectivity index (χ2n) is 8.70. The maximum Gasteiger partial charge on any atom is 0.0726 e. The molecular weight excluding hydrogens is 390 g/mol. The highest BCUT2D eigenvalue weighted by molar-refractivity contribution is 7.98. The quantitative estimate of drug-likeness (QED) is 0.342. The van der Waals surface area contributed by atoms with Gasteiger partial charge in [-0.2, -0.15) is 0 Å². The van der Waals surface area contributed by atoms with Crippen LogP contribution in [0.15, 0.2) is 72.3 Å². The van der Waals surface area contributed by atoms with Crippen molar-refractivity contribution in [2.24, 2.45) is 0 Å². The summed E-state index contributed by atoms with van der Waals surface area (Å²) in [5.74, 6) is 0. The first-order valence-electron chi connectivity index (χ1n) is 10.7. The molecular formula is C25H41N3OS. The summed E-state index contributed by atoms with van der Waals surface area (Å²) in [7, 11) is 0. The Labute approximate surface area is 189 Å². The Bertz CT molecular complexity index is 688. The second-order valence-corrected chi connectivity index (χ2v) is 10.3. The summed E-state index contributed by atoms with van der Waals surface area (Å²) in [6.07, 6.45) is 12.7. The molecule has 1 aliphatic rings. The summed E-state index contributed by atoms with van der Waals surface area (Å²) in [6.45, 7) is 25.5. The van der Waals surface area contributed by atoms with Gasteiger partial charge in [0, 0.05) is 41.5 Å². The van der Waals surface area contributed by atoms with Crippen LogP contribution in [0.5, 0.6) is 0 Å². The molecule has 5 heteroatoms. The van der Waals surface area contributed by atoms with Crippen LogP contribution in [-0.4, -0.2) is 41.5 Å². The van der Waals surface area contributed by atoms with Crippen LogP contribution < -0.4 is 10.0 Å². The van der Waals surface area contributed by atoms with Crippen molar-refractivity contribution in [2.45, 2.75) is 65.4 Å². The summed E-state index contributed by atoms with van der Waals surface area (Å²) < 4.78 is 9.36. The van der Waals surface area contributed by atoms with Gasteiger partial charge in [-0.05, 0) is 84.2 Å². The molecule has 1 fully saturated rings. The number of morpholine rings is 1. The van der Waals surface area contributed by atoms with E-state index in [1.807, 2.05) is 13.0 Å². The molecule has 1 aliphatic heterocycles. The van der Waals surface area contributed by atoms with Crippen LogP contribution in [0, 0.1) is 0 Å². The van der Waals surface area contributed by atoms with Crippen LogP contribution in [0.4, 0.5) is 0 Å². The van der Waals surface area contributed by atoms with Gasteiger partial charge in [0.1, 0.15) is 0 Å². The molecule has 0 aromatic heterocycles. The molecule has 0 aromatic rings. The number of rotatable bonds is 10. The van der Waals surface area contributed by atoms with Gasteiger partial charge in [-0.3, -0.25) is 0 Å². The standard InChI is InChI=1S/C25H41N3OS/c1-10-23(14-12-19(3)27-30-25(7,8)9)16-26-24(11-2)15-13-20(4)28-17-21(5)29-22(6)18-28/h10-15,21-22,26-27H,1,4,16-18H2,2-3,5-9H3/b15-13-,19-12+,23-14+,24-11+/t21-,22?/m1/s1. The summed E-state index contributed by atoms with van der Waals surface area (Å²) in [6, 6.07) is 0. The highest BCUT2D eigenvalue weighted by atomic mass is 32.2. The van der Waals surface area contributed by atoms with E-state index in [0.717, 1.165) is 35.8 Å². The fraction of sp³-hybridized carbons (Fsp3) is 0.520. The van der Waals surface area contributed by atoms with Crippen molar-refractivity contribution >= 4 is 11.9 Å². The average Bonchev–Trinajstić information content (AvgIpc) is 2.67. The molecule has 4 nitrogen and oxygen atoms in total. The van der Waals surface area contributed by atoms with Crippen molar-refractivity contribution in [1.82, 2.24) is 14.9 Å². The second kappa shape index (κ2) is 12.8. The monoisotopic (exact) mass is 431 g/mol. The van der Waals surface area contributed by atoms with Crippen LogP contribution >= 0.6 is 11.9 Å². The lowest BCUT2D eigenvalue weighted by Crippen LogP contribution is -2.44. The zero-order valence-electron chi connectivity index (χ0n) is 19.9. The van der Waals surface area contributed by atoms with E-state index in [1.165, 1.54) is 0 Å². The minimum absolute atomic E-state index is 0.177. The average molecular weight is 432 g/mol. The molecule has 1 rings (SSSR count). The highest BCUT2D eigenvalue weighted by Crippen LogP contribution is 2.20. The minimum atomic E-state index is 0.177. The maximum absolute atomic E-state index is 5.81. The lowest BCUT2D eigenvalue weighted by molar-refractivity contribution is -0.0565. The molecule has 1 unspecified atom stereocenters. The van der Waals surface area contributed by atoms with Crippen LogP contribution in [0.1, 0.15) is 48.5 Å². The predicted octanol–water partition coefficient (Wildman–Crippen LogP) is 5.71. The summed E-state index contributed by atoms with van der Waals surface area (Å²) in [5.41, 5.74) is 4.31.